The first-order valence-corrected chi connectivity index (χ1v) is 6.64. The summed E-state index contributed by atoms with van der Waals surface area (Å²) in [6.07, 6.45) is 0. The number of nitrogens with zero attached hydrogens (tertiary/aromatic N) is 3. The molecule has 1 unspecified atom stereocenters. The second-order valence-corrected chi connectivity index (χ2v) is 5.01. The number of carbonyl (C=O) groups is 1. The fourth-order valence-corrected chi connectivity index (χ4v) is 1.93. The third-order valence-corrected chi connectivity index (χ3v) is 3.42. The molecule has 1 heterocycles. The number of rotatable bonds is 4. The van der Waals surface area contributed by atoms with Crippen LogP contribution < -0.4 is 0 Å². The molecular formula is C15H18FN3O2. The van der Waals surface area contributed by atoms with Crippen molar-refractivity contribution in [3.63, 3.8) is 0 Å². The monoisotopic (exact) mass is 291 g/mol. The Morgan fingerprint density at radius 3 is 2.62 bits per heavy atom. The lowest BCUT2D eigenvalue weighted by molar-refractivity contribution is 0.0676. The molecule has 5 nitrogen and oxygen atoms in total. The van der Waals surface area contributed by atoms with Crippen LogP contribution in [0.4, 0.5) is 4.39 Å². The highest BCUT2D eigenvalue weighted by atomic mass is 19.1. The third kappa shape index (κ3) is 3.11. The second-order valence-electron chi connectivity index (χ2n) is 5.01. The summed E-state index contributed by atoms with van der Waals surface area (Å²) >= 11 is 0. The Hall–Kier alpha value is -2.21. The maximum atomic E-state index is 13.0. The second kappa shape index (κ2) is 6.05. The van der Waals surface area contributed by atoms with Crippen LogP contribution >= 0.6 is 0 Å². The number of hydrogen-bond donors (Lipinski definition) is 1. The maximum absolute atomic E-state index is 13.0. The number of benzene rings is 1. The van der Waals surface area contributed by atoms with E-state index in [-0.39, 0.29) is 24.4 Å². The molecule has 2 rings (SSSR count). The molecule has 0 saturated heterocycles. The molecule has 1 aromatic heterocycles. The number of halogens is 1. The Morgan fingerprint density at radius 1 is 1.43 bits per heavy atom. The highest BCUT2D eigenvalue weighted by Gasteiger charge is 2.20. The molecule has 0 aliphatic carbocycles. The zero-order valence-corrected chi connectivity index (χ0v) is 12.2. The van der Waals surface area contributed by atoms with Gasteiger partial charge in [-0.05, 0) is 44.2 Å². The highest BCUT2D eigenvalue weighted by Crippen LogP contribution is 2.14. The van der Waals surface area contributed by atoms with E-state index in [0.29, 0.717) is 11.4 Å². The predicted octanol–water partition coefficient (Wildman–Crippen LogP) is 1.77. The number of aryl methyl sites for hydroxylation is 1. The lowest BCUT2D eigenvalue weighted by Crippen LogP contribution is -2.37. The SMILES string of the molecule is Cc1cc(C(=O)N(C)C(C)CO)nn1-c1ccc(F)cc1. The summed E-state index contributed by atoms with van der Waals surface area (Å²) in [6.45, 7) is 3.46. The summed E-state index contributed by atoms with van der Waals surface area (Å²) in [5, 5.41) is 13.4. The van der Waals surface area contributed by atoms with Crippen LogP contribution in [-0.2, 0) is 0 Å². The standard InChI is InChI=1S/C15H18FN3O2/c1-10-8-14(15(21)18(3)11(2)9-20)17-19(10)13-6-4-12(16)5-7-13/h4-8,11,20H,9H2,1-3H3. The molecule has 0 aliphatic heterocycles. The molecule has 112 valence electrons. The van der Waals surface area contributed by atoms with Crippen molar-refractivity contribution in [2.24, 2.45) is 0 Å². The molecule has 0 aliphatic rings. The van der Waals surface area contributed by atoms with E-state index in [9.17, 15) is 9.18 Å². The molecule has 1 aromatic carbocycles. The summed E-state index contributed by atoms with van der Waals surface area (Å²) in [5.41, 5.74) is 1.75. The molecule has 21 heavy (non-hydrogen) atoms. The van der Waals surface area contributed by atoms with Gasteiger partial charge >= 0.3 is 0 Å². The molecule has 0 saturated carbocycles. The van der Waals surface area contributed by atoms with Crippen molar-refractivity contribution >= 4 is 5.91 Å². The third-order valence-electron chi connectivity index (χ3n) is 3.42. The van der Waals surface area contributed by atoms with Gasteiger partial charge < -0.3 is 10.0 Å². The summed E-state index contributed by atoms with van der Waals surface area (Å²) in [4.78, 5) is 13.7. The van der Waals surface area contributed by atoms with E-state index in [2.05, 4.69) is 5.10 Å². The lowest BCUT2D eigenvalue weighted by atomic mass is 10.2. The van der Waals surface area contributed by atoms with Gasteiger partial charge in [0, 0.05) is 12.7 Å². The van der Waals surface area contributed by atoms with Crippen molar-refractivity contribution in [3.05, 3.63) is 47.5 Å². The number of amides is 1. The van der Waals surface area contributed by atoms with Crippen LogP contribution in [0.2, 0.25) is 0 Å². The average molecular weight is 291 g/mol. The van der Waals surface area contributed by atoms with E-state index < -0.39 is 0 Å². The van der Waals surface area contributed by atoms with Crippen molar-refractivity contribution < 1.29 is 14.3 Å². The normalized spacial score (nSPS) is 12.2. The number of hydrogen-bond acceptors (Lipinski definition) is 3. The Morgan fingerprint density at radius 2 is 2.05 bits per heavy atom. The van der Waals surface area contributed by atoms with Crippen LogP contribution in [0.3, 0.4) is 0 Å². The van der Waals surface area contributed by atoms with Gasteiger partial charge in [0.05, 0.1) is 18.3 Å². The molecule has 1 atom stereocenters. The number of carbonyl (C=O) groups excluding carboxylic acids is 1. The van der Waals surface area contributed by atoms with Gasteiger partial charge in [0.15, 0.2) is 5.69 Å². The molecule has 1 amide bonds. The zero-order chi connectivity index (χ0) is 15.6. The van der Waals surface area contributed by atoms with E-state index >= 15 is 0 Å². The Bertz CT molecular complexity index is 637. The van der Waals surface area contributed by atoms with Crippen molar-refractivity contribution in [3.8, 4) is 5.69 Å². The quantitative estimate of drug-likeness (QED) is 0.934. The Labute approximate surface area is 122 Å². The Kier molecular flexibility index (Phi) is 4.37. The minimum absolute atomic E-state index is 0.111. The van der Waals surface area contributed by atoms with Gasteiger partial charge in [0.1, 0.15) is 5.82 Å². The lowest BCUT2D eigenvalue weighted by Gasteiger charge is -2.21. The predicted molar refractivity (Wildman–Crippen MR) is 76.9 cm³/mol. The summed E-state index contributed by atoms with van der Waals surface area (Å²) < 4.78 is 14.5. The van der Waals surface area contributed by atoms with E-state index in [1.165, 1.54) is 17.0 Å². The average Bonchev–Trinajstić information content (AvgIpc) is 2.87. The smallest absolute Gasteiger partial charge is 0.274 e. The minimum atomic E-state index is -0.323. The van der Waals surface area contributed by atoms with Crippen LogP contribution in [0.15, 0.2) is 30.3 Å². The van der Waals surface area contributed by atoms with Gasteiger partial charge in [-0.25, -0.2) is 9.07 Å². The van der Waals surface area contributed by atoms with Crippen LogP contribution in [0.5, 0.6) is 0 Å². The molecule has 0 fully saturated rings. The molecule has 0 radical (unpaired) electrons. The van der Waals surface area contributed by atoms with Gasteiger partial charge in [-0.2, -0.15) is 5.10 Å². The van der Waals surface area contributed by atoms with E-state index in [1.54, 1.807) is 36.9 Å². The summed E-state index contributed by atoms with van der Waals surface area (Å²) in [7, 11) is 1.62. The molecule has 0 bridgehead atoms. The first-order valence-electron chi connectivity index (χ1n) is 6.64. The Balaban J connectivity index is 2.31. The summed E-state index contributed by atoms with van der Waals surface area (Å²) in [5.74, 6) is -0.586. The number of aliphatic hydroxyl groups is 1. The van der Waals surface area contributed by atoms with Crippen molar-refractivity contribution in [1.82, 2.24) is 14.7 Å². The minimum Gasteiger partial charge on any atom is -0.394 e. The van der Waals surface area contributed by atoms with Gasteiger partial charge in [-0.15, -0.1) is 0 Å². The van der Waals surface area contributed by atoms with E-state index in [1.807, 2.05) is 6.92 Å². The first-order chi connectivity index (χ1) is 9.93. The van der Waals surface area contributed by atoms with Crippen LogP contribution in [-0.4, -0.2) is 45.4 Å². The maximum Gasteiger partial charge on any atom is 0.274 e. The van der Waals surface area contributed by atoms with Crippen LogP contribution in [0, 0.1) is 12.7 Å². The highest BCUT2D eigenvalue weighted by molar-refractivity contribution is 5.92. The van der Waals surface area contributed by atoms with E-state index in [4.69, 9.17) is 5.11 Å². The van der Waals surface area contributed by atoms with Crippen molar-refractivity contribution in [1.29, 1.82) is 0 Å². The van der Waals surface area contributed by atoms with E-state index in [0.717, 1.165) is 5.69 Å². The topological polar surface area (TPSA) is 58.4 Å². The van der Waals surface area contributed by atoms with Crippen LogP contribution in [0.25, 0.3) is 5.69 Å². The van der Waals surface area contributed by atoms with Crippen molar-refractivity contribution in [2.45, 2.75) is 19.9 Å². The van der Waals surface area contributed by atoms with Gasteiger partial charge in [0.2, 0.25) is 0 Å². The largest absolute Gasteiger partial charge is 0.394 e. The van der Waals surface area contributed by atoms with Crippen molar-refractivity contribution in [2.75, 3.05) is 13.7 Å². The number of aromatic nitrogens is 2. The summed E-state index contributed by atoms with van der Waals surface area (Å²) in [6, 6.07) is 7.28. The molecule has 1 N–H and O–H groups in total. The first kappa shape index (κ1) is 15.2. The molecular weight excluding hydrogens is 273 g/mol. The fraction of sp³-hybridized carbons (Fsp3) is 0.333. The molecule has 6 heteroatoms. The zero-order valence-electron chi connectivity index (χ0n) is 12.2. The van der Waals surface area contributed by atoms with Gasteiger partial charge in [-0.3, -0.25) is 4.79 Å². The number of aliphatic hydroxyl groups excluding tert-OH is 1. The molecule has 2 aromatic rings. The number of likely N-dealkylation sites (N-methyl/N-ethyl adjacent to an activating group) is 1. The van der Waals surface area contributed by atoms with Crippen LogP contribution in [0.1, 0.15) is 23.1 Å². The fourth-order valence-electron chi connectivity index (χ4n) is 1.93. The van der Waals surface area contributed by atoms with Gasteiger partial charge in [0.25, 0.3) is 5.91 Å². The molecule has 0 spiro atoms. The van der Waals surface area contributed by atoms with Gasteiger partial charge in [-0.1, -0.05) is 0 Å².